The normalized spacial score (nSPS) is 11.9. The molecule has 3 aromatic heterocycles. The van der Waals surface area contributed by atoms with Gasteiger partial charge in [0.15, 0.2) is 11.5 Å². The summed E-state index contributed by atoms with van der Waals surface area (Å²) in [5.41, 5.74) is 5.97. The molecule has 0 atom stereocenters. The molecule has 0 unspecified atom stereocenters. The Labute approximate surface area is 175 Å². The van der Waals surface area contributed by atoms with Crippen LogP contribution in [0.25, 0.3) is 38.2 Å². The Morgan fingerprint density at radius 3 is 2.45 bits per heavy atom. The minimum absolute atomic E-state index is 0.213. The fourth-order valence-electron chi connectivity index (χ4n) is 3.88. The van der Waals surface area contributed by atoms with E-state index in [0.717, 1.165) is 27.2 Å². The summed E-state index contributed by atoms with van der Waals surface area (Å²) < 4.78 is 1.34. The van der Waals surface area contributed by atoms with Gasteiger partial charge in [-0.25, -0.2) is 4.98 Å². The Kier molecular flexibility index (Phi) is 3.79. The van der Waals surface area contributed by atoms with Crippen LogP contribution in [-0.2, 0) is 0 Å². The second-order valence-electron chi connectivity index (χ2n) is 7.22. The Bertz CT molecular complexity index is 1700. The number of anilines is 1. The molecule has 2 N–H and O–H groups in total. The summed E-state index contributed by atoms with van der Waals surface area (Å²) in [7, 11) is 0. The summed E-state index contributed by atoms with van der Waals surface area (Å²) in [6.45, 7) is 0. The number of aromatic amines is 1. The van der Waals surface area contributed by atoms with Crippen molar-refractivity contribution in [3.05, 3.63) is 94.9 Å². The van der Waals surface area contributed by atoms with Gasteiger partial charge in [0.2, 0.25) is 0 Å². The van der Waals surface area contributed by atoms with Crippen molar-refractivity contribution in [2.75, 3.05) is 5.43 Å². The molecule has 0 spiro atoms. The molecule has 6 rings (SSSR count). The molecular weight excluding hydrogens is 388 g/mol. The number of nitrogens with zero attached hydrogens (tertiary/aromatic N) is 4. The molecule has 0 saturated carbocycles. The molecule has 7 heteroatoms. The smallest absolute Gasteiger partial charge is 0.282 e. The lowest BCUT2D eigenvalue weighted by molar-refractivity contribution is 0.892. The molecule has 0 amide bonds. The SMILES string of the molecule is O=c1c2ccccc2nc2c3ccccc3c(N/N=C\c3c[nH]c4ccccc34)nn12. The van der Waals surface area contributed by atoms with Crippen molar-refractivity contribution in [1.29, 1.82) is 0 Å². The van der Waals surface area contributed by atoms with Crippen LogP contribution in [0.1, 0.15) is 5.56 Å². The van der Waals surface area contributed by atoms with Gasteiger partial charge in [0, 0.05) is 33.4 Å². The first-order valence-corrected chi connectivity index (χ1v) is 9.85. The zero-order valence-electron chi connectivity index (χ0n) is 16.3. The number of hydrazone groups is 1. The van der Waals surface area contributed by atoms with E-state index < -0.39 is 0 Å². The van der Waals surface area contributed by atoms with Crippen LogP contribution in [0.3, 0.4) is 0 Å². The molecule has 0 bridgehead atoms. The van der Waals surface area contributed by atoms with E-state index in [9.17, 15) is 4.79 Å². The number of para-hydroxylation sites is 2. The Morgan fingerprint density at radius 1 is 0.871 bits per heavy atom. The van der Waals surface area contributed by atoms with E-state index in [4.69, 9.17) is 4.98 Å². The van der Waals surface area contributed by atoms with E-state index in [0.29, 0.717) is 22.4 Å². The van der Waals surface area contributed by atoms with Gasteiger partial charge in [0.1, 0.15) is 0 Å². The summed E-state index contributed by atoms with van der Waals surface area (Å²) in [6, 6.07) is 23.0. The van der Waals surface area contributed by atoms with Crippen molar-refractivity contribution in [2.24, 2.45) is 5.10 Å². The van der Waals surface area contributed by atoms with Gasteiger partial charge < -0.3 is 4.98 Å². The van der Waals surface area contributed by atoms with Gasteiger partial charge in [-0.2, -0.15) is 9.62 Å². The highest BCUT2D eigenvalue weighted by atomic mass is 16.1. The molecule has 0 aliphatic carbocycles. The third-order valence-corrected chi connectivity index (χ3v) is 5.37. The highest BCUT2D eigenvalue weighted by molar-refractivity contribution is 6.02. The maximum absolute atomic E-state index is 13.1. The topological polar surface area (TPSA) is 87.4 Å². The van der Waals surface area contributed by atoms with Gasteiger partial charge in [-0.15, -0.1) is 5.10 Å². The van der Waals surface area contributed by atoms with Crippen LogP contribution in [0.2, 0.25) is 0 Å². The number of benzene rings is 3. The minimum atomic E-state index is -0.213. The molecule has 0 radical (unpaired) electrons. The predicted molar refractivity (Wildman–Crippen MR) is 124 cm³/mol. The first-order chi connectivity index (χ1) is 15.3. The number of hydrogen-bond donors (Lipinski definition) is 2. The van der Waals surface area contributed by atoms with Crippen LogP contribution in [0.5, 0.6) is 0 Å². The average Bonchev–Trinajstić information content (AvgIpc) is 3.23. The second-order valence-corrected chi connectivity index (χ2v) is 7.22. The van der Waals surface area contributed by atoms with Crippen molar-refractivity contribution >= 4 is 50.3 Å². The molecular formula is C24H16N6O. The van der Waals surface area contributed by atoms with Crippen molar-refractivity contribution in [2.45, 2.75) is 0 Å². The maximum Gasteiger partial charge on any atom is 0.282 e. The summed E-state index contributed by atoms with van der Waals surface area (Å²) in [5, 5.41) is 12.2. The van der Waals surface area contributed by atoms with Crippen LogP contribution in [0, 0.1) is 0 Å². The highest BCUT2D eigenvalue weighted by Gasteiger charge is 2.13. The van der Waals surface area contributed by atoms with E-state index in [1.807, 2.05) is 72.9 Å². The molecule has 0 aliphatic heterocycles. The number of rotatable bonds is 3. The Balaban J connectivity index is 1.51. The zero-order chi connectivity index (χ0) is 20.8. The largest absolute Gasteiger partial charge is 0.361 e. The van der Waals surface area contributed by atoms with Gasteiger partial charge in [-0.05, 0) is 18.2 Å². The molecule has 3 heterocycles. The van der Waals surface area contributed by atoms with Crippen LogP contribution in [-0.4, -0.2) is 25.8 Å². The lowest BCUT2D eigenvalue weighted by Gasteiger charge is -2.09. The quantitative estimate of drug-likeness (QED) is 0.199. The fourth-order valence-corrected chi connectivity index (χ4v) is 3.88. The monoisotopic (exact) mass is 404 g/mol. The van der Waals surface area contributed by atoms with Crippen LogP contribution >= 0.6 is 0 Å². The van der Waals surface area contributed by atoms with Gasteiger partial charge in [0.05, 0.1) is 17.1 Å². The lowest BCUT2D eigenvalue weighted by Crippen LogP contribution is -2.19. The van der Waals surface area contributed by atoms with Crippen LogP contribution in [0.15, 0.2) is 88.9 Å². The minimum Gasteiger partial charge on any atom is -0.361 e. The second kappa shape index (κ2) is 6.77. The molecule has 6 aromatic rings. The average molecular weight is 404 g/mol. The summed E-state index contributed by atoms with van der Waals surface area (Å²) in [6.07, 6.45) is 3.64. The number of hydrogen-bond acceptors (Lipinski definition) is 5. The first kappa shape index (κ1) is 17.3. The zero-order valence-corrected chi connectivity index (χ0v) is 16.3. The van der Waals surface area contributed by atoms with E-state index in [-0.39, 0.29) is 5.56 Å². The van der Waals surface area contributed by atoms with E-state index in [2.05, 4.69) is 20.6 Å². The maximum atomic E-state index is 13.1. The molecule has 0 aliphatic rings. The lowest BCUT2D eigenvalue weighted by atomic mass is 10.1. The van der Waals surface area contributed by atoms with Crippen molar-refractivity contribution in [3.8, 4) is 0 Å². The van der Waals surface area contributed by atoms with Gasteiger partial charge in [-0.1, -0.05) is 54.6 Å². The van der Waals surface area contributed by atoms with E-state index >= 15 is 0 Å². The molecule has 7 nitrogen and oxygen atoms in total. The third-order valence-electron chi connectivity index (χ3n) is 5.37. The van der Waals surface area contributed by atoms with Crippen LogP contribution in [0.4, 0.5) is 5.82 Å². The van der Waals surface area contributed by atoms with Crippen LogP contribution < -0.4 is 11.0 Å². The van der Waals surface area contributed by atoms with E-state index in [1.165, 1.54) is 4.52 Å². The fraction of sp³-hybridized carbons (Fsp3) is 0. The molecule has 0 saturated heterocycles. The summed E-state index contributed by atoms with van der Waals surface area (Å²) in [4.78, 5) is 21.0. The standard InChI is InChI=1S/C24H16N6O/c31-24-19-10-4-6-12-21(19)27-23-18-9-2-1-8-17(18)22(29-30(23)24)28-26-14-15-13-25-20-11-5-3-7-16(15)20/h1-14,25H,(H,28,29)/b26-14-. The summed E-state index contributed by atoms with van der Waals surface area (Å²) >= 11 is 0. The molecule has 31 heavy (non-hydrogen) atoms. The molecule has 0 fully saturated rings. The van der Waals surface area contributed by atoms with Gasteiger partial charge in [-0.3, -0.25) is 10.2 Å². The highest BCUT2D eigenvalue weighted by Crippen LogP contribution is 2.24. The van der Waals surface area contributed by atoms with E-state index in [1.54, 1.807) is 12.3 Å². The third kappa shape index (κ3) is 2.75. The number of nitrogens with one attached hydrogen (secondary N) is 2. The predicted octanol–water partition coefficient (Wildman–Crippen LogP) is 4.32. The molecule has 148 valence electrons. The van der Waals surface area contributed by atoms with Crippen molar-refractivity contribution in [3.63, 3.8) is 0 Å². The van der Waals surface area contributed by atoms with Gasteiger partial charge >= 0.3 is 0 Å². The van der Waals surface area contributed by atoms with Crippen molar-refractivity contribution in [1.82, 2.24) is 19.6 Å². The number of fused-ring (bicyclic) bond motifs is 5. The summed E-state index contributed by atoms with van der Waals surface area (Å²) in [5.74, 6) is 0.485. The Morgan fingerprint density at radius 2 is 1.58 bits per heavy atom. The number of H-pyrrole nitrogens is 1. The van der Waals surface area contributed by atoms with Gasteiger partial charge in [0.25, 0.3) is 5.56 Å². The first-order valence-electron chi connectivity index (χ1n) is 9.85. The van der Waals surface area contributed by atoms with Crippen molar-refractivity contribution < 1.29 is 0 Å². The Hall–Kier alpha value is -4.52. The molecule has 3 aromatic carbocycles. The number of aromatic nitrogens is 4.